The quantitative estimate of drug-likeness (QED) is 0.396. The molecule has 0 spiro atoms. The second kappa shape index (κ2) is 9.66. The number of hydrogen-bond donors (Lipinski definition) is 0. The second-order valence-corrected chi connectivity index (χ2v) is 10.3. The van der Waals surface area contributed by atoms with Crippen molar-refractivity contribution in [2.24, 2.45) is 0 Å². The van der Waals surface area contributed by atoms with Gasteiger partial charge in [-0.05, 0) is 40.2 Å². The van der Waals surface area contributed by atoms with E-state index in [2.05, 4.69) is 63.9 Å². The molecule has 4 aromatic rings. The summed E-state index contributed by atoms with van der Waals surface area (Å²) in [6.07, 6.45) is 1.64. The van der Waals surface area contributed by atoms with E-state index in [4.69, 9.17) is 4.74 Å². The highest BCUT2D eigenvalue weighted by Crippen LogP contribution is 2.23. The minimum Gasteiger partial charge on any atom is -0.383 e. The molecule has 0 saturated heterocycles. The van der Waals surface area contributed by atoms with Gasteiger partial charge < -0.3 is 9.30 Å². The van der Waals surface area contributed by atoms with Gasteiger partial charge in [-0.15, -0.1) is 0 Å². The van der Waals surface area contributed by atoms with Gasteiger partial charge in [0.2, 0.25) is 0 Å². The Kier molecular flexibility index (Phi) is 6.81. The molecule has 2 heterocycles. The molecule has 35 heavy (non-hydrogen) atoms. The van der Waals surface area contributed by atoms with Gasteiger partial charge in [0.15, 0.2) is 11.2 Å². The van der Waals surface area contributed by atoms with Crippen LogP contribution >= 0.6 is 0 Å². The average Bonchev–Trinajstić information content (AvgIpc) is 3.22. The maximum Gasteiger partial charge on any atom is 0.337 e. The van der Waals surface area contributed by atoms with Crippen molar-refractivity contribution in [3.05, 3.63) is 92.4 Å². The summed E-state index contributed by atoms with van der Waals surface area (Å²) >= 11 is 0. The molecule has 7 nitrogen and oxygen atoms in total. The third-order valence-corrected chi connectivity index (χ3v) is 6.41. The summed E-state index contributed by atoms with van der Waals surface area (Å²) < 4.78 is 9.76. The number of aromatic nitrogens is 4. The lowest BCUT2D eigenvalue weighted by atomic mass is 9.87. The van der Waals surface area contributed by atoms with Crippen LogP contribution in [-0.4, -0.2) is 32.4 Å². The molecular weight excluding hydrogens is 440 g/mol. The Balaban J connectivity index is 1.86. The first-order valence-corrected chi connectivity index (χ1v) is 12.0. The largest absolute Gasteiger partial charge is 0.383 e. The number of nitrogens with zero attached hydrogens (tertiary/aromatic N) is 4. The normalized spacial score (nSPS) is 12.1. The second-order valence-electron chi connectivity index (χ2n) is 10.3. The molecular formula is C28H34N4O3. The standard InChI is InChI=1S/C28H34N4O3/c1-19(2)21-9-13-23(14-10-21)32-25-24(26(33)31(27(32)34)15-16-35-6)30(18-29-25)17-20-7-11-22(12-8-20)28(3,4)5/h7-14,18-19H,15-17H2,1-6H3. The summed E-state index contributed by atoms with van der Waals surface area (Å²) in [5, 5.41) is 0. The number of rotatable bonds is 7. The molecule has 0 amide bonds. The van der Waals surface area contributed by atoms with Crippen LogP contribution < -0.4 is 11.2 Å². The maximum atomic E-state index is 13.5. The molecule has 7 heteroatoms. The van der Waals surface area contributed by atoms with Crippen molar-refractivity contribution >= 4 is 11.2 Å². The van der Waals surface area contributed by atoms with Crippen LogP contribution in [0.5, 0.6) is 0 Å². The maximum absolute atomic E-state index is 13.5. The predicted molar refractivity (Wildman–Crippen MR) is 140 cm³/mol. The lowest BCUT2D eigenvalue weighted by Gasteiger charge is -2.19. The minimum absolute atomic E-state index is 0.0660. The highest BCUT2D eigenvalue weighted by molar-refractivity contribution is 5.72. The van der Waals surface area contributed by atoms with Crippen molar-refractivity contribution in [3.8, 4) is 5.69 Å². The Labute approximate surface area is 205 Å². The van der Waals surface area contributed by atoms with Crippen LogP contribution in [0, 0.1) is 0 Å². The van der Waals surface area contributed by atoms with E-state index in [0.717, 1.165) is 5.56 Å². The Hall–Kier alpha value is -3.45. The number of imidazole rings is 1. The minimum atomic E-state index is -0.420. The lowest BCUT2D eigenvalue weighted by molar-refractivity contribution is 0.184. The van der Waals surface area contributed by atoms with Crippen molar-refractivity contribution in [2.75, 3.05) is 13.7 Å². The zero-order valence-electron chi connectivity index (χ0n) is 21.4. The molecule has 0 saturated carbocycles. The van der Waals surface area contributed by atoms with E-state index < -0.39 is 5.69 Å². The van der Waals surface area contributed by atoms with E-state index in [1.54, 1.807) is 13.4 Å². The predicted octanol–water partition coefficient (Wildman–Crippen LogP) is 4.46. The van der Waals surface area contributed by atoms with Crippen LogP contribution in [0.4, 0.5) is 0 Å². The lowest BCUT2D eigenvalue weighted by Crippen LogP contribution is -2.41. The molecule has 2 aromatic heterocycles. The highest BCUT2D eigenvalue weighted by atomic mass is 16.5. The highest BCUT2D eigenvalue weighted by Gasteiger charge is 2.20. The molecule has 4 rings (SSSR count). The van der Waals surface area contributed by atoms with Gasteiger partial charge in [-0.2, -0.15) is 0 Å². The van der Waals surface area contributed by atoms with Gasteiger partial charge in [0.05, 0.1) is 25.2 Å². The van der Waals surface area contributed by atoms with Crippen molar-refractivity contribution in [1.82, 2.24) is 18.7 Å². The van der Waals surface area contributed by atoms with Crippen LogP contribution in [-0.2, 0) is 23.2 Å². The van der Waals surface area contributed by atoms with Gasteiger partial charge in [0, 0.05) is 13.7 Å². The van der Waals surface area contributed by atoms with Crippen LogP contribution in [0.15, 0.2) is 64.4 Å². The molecule has 0 aliphatic heterocycles. The molecule has 0 aliphatic rings. The van der Waals surface area contributed by atoms with Gasteiger partial charge in [-0.1, -0.05) is 71.0 Å². The molecule has 0 unspecified atom stereocenters. The van der Waals surface area contributed by atoms with E-state index in [1.807, 2.05) is 28.8 Å². The molecule has 184 valence electrons. The fourth-order valence-electron chi connectivity index (χ4n) is 4.23. The molecule has 2 aromatic carbocycles. The summed E-state index contributed by atoms with van der Waals surface area (Å²) in [5.74, 6) is 0.375. The first-order valence-electron chi connectivity index (χ1n) is 12.0. The Morgan fingerprint density at radius 2 is 1.63 bits per heavy atom. The monoisotopic (exact) mass is 474 g/mol. The van der Waals surface area contributed by atoms with Crippen LogP contribution in [0.1, 0.15) is 57.2 Å². The van der Waals surface area contributed by atoms with E-state index in [-0.39, 0.29) is 24.1 Å². The van der Waals surface area contributed by atoms with Gasteiger partial charge >= 0.3 is 5.69 Å². The van der Waals surface area contributed by atoms with Crippen molar-refractivity contribution in [2.45, 2.75) is 59.0 Å². The number of methoxy groups -OCH3 is 1. The first kappa shape index (κ1) is 24.7. The third-order valence-electron chi connectivity index (χ3n) is 6.41. The fourth-order valence-corrected chi connectivity index (χ4v) is 4.23. The van der Waals surface area contributed by atoms with Crippen LogP contribution in [0.2, 0.25) is 0 Å². The molecule has 0 aliphatic carbocycles. The van der Waals surface area contributed by atoms with E-state index in [0.29, 0.717) is 29.3 Å². The van der Waals surface area contributed by atoms with Crippen molar-refractivity contribution in [3.63, 3.8) is 0 Å². The van der Waals surface area contributed by atoms with Crippen LogP contribution in [0.3, 0.4) is 0 Å². The third kappa shape index (κ3) is 4.86. The first-order chi connectivity index (χ1) is 16.6. The van der Waals surface area contributed by atoms with Gasteiger partial charge in [-0.25, -0.2) is 14.3 Å². The summed E-state index contributed by atoms with van der Waals surface area (Å²) in [5.41, 5.74) is 4.20. The Morgan fingerprint density at radius 1 is 0.971 bits per heavy atom. The fraction of sp³-hybridized carbons (Fsp3) is 0.393. The van der Waals surface area contributed by atoms with E-state index in [9.17, 15) is 9.59 Å². The number of benzene rings is 2. The Bertz CT molecular complexity index is 1430. The SMILES string of the molecule is COCCn1c(=O)c2c(ncn2Cc2ccc(C(C)(C)C)cc2)n(-c2ccc(C(C)C)cc2)c1=O. The summed E-state index contributed by atoms with van der Waals surface area (Å²) in [6.45, 7) is 11.7. The topological polar surface area (TPSA) is 71.1 Å². The number of fused-ring (bicyclic) bond motifs is 1. The van der Waals surface area contributed by atoms with Crippen LogP contribution in [0.25, 0.3) is 16.9 Å². The zero-order valence-corrected chi connectivity index (χ0v) is 21.4. The number of ether oxygens (including phenoxy) is 1. The number of hydrogen-bond acceptors (Lipinski definition) is 4. The Morgan fingerprint density at radius 3 is 2.20 bits per heavy atom. The molecule has 0 N–H and O–H groups in total. The van der Waals surface area contributed by atoms with E-state index in [1.165, 1.54) is 20.3 Å². The van der Waals surface area contributed by atoms with Crippen molar-refractivity contribution in [1.29, 1.82) is 0 Å². The zero-order chi connectivity index (χ0) is 25.3. The summed E-state index contributed by atoms with van der Waals surface area (Å²) in [6, 6.07) is 16.2. The van der Waals surface area contributed by atoms with Gasteiger partial charge in [0.25, 0.3) is 5.56 Å². The van der Waals surface area contributed by atoms with Gasteiger partial charge in [0.1, 0.15) is 0 Å². The summed E-state index contributed by atoms with van der Waals surface area (Å²) in [7, 11) is 1.55. The molecule has 0 atom stereocenters. The summed E-state index contributed by atoms with van der Waals surface area (Å²) in [4.78, 5) is 31.5. The van der Waals surface area contributed by atoms with Crippen molar-refractivity contribution < 1.29 is 4.74 Å². The molecule has 0 bridgehead atoms. The van der Waals surface area contributed by atoms with E-state index >= 15 is 0 Å². The smallest absolute Gasteiger partial charge is 0.337 e. The van der Waals surface area contributed by atoms with Gasteiger partial charge in [-0.3, -0.25) is 9.36 Å². The molecule has 0 fully saturated rings. The molecule has 0 radical (unpaired) electrons. The average molecular weight is 475 g/mol.